The highest BCUT2D eigenvalue weighted by molar-refractivity contribution is 5.71. The molecule has 0 aromatic carbocycles. The van der Waals surface area contributed by atoms with Gasteiger partial charge in [-0.3, -0.25) is 4.79 Å². The largest absolute Gasteiger partial charge is 0.469 e. The third-order valence-corrected chi connectivity index (χ3v) is 2.07. The Morgan fingerprint density at radius 1 is 1.43 bits per heavy atom. The van der Waals surface area contributed by atoms with Gasteiger partial charge in [0.25, 0.3) is 0 Å². The highest BCUT2D eigenvalue weighted by Crippen LogP contribution is 1.96. The van der Waals surface area contributed by atoms with Crippen molar-refractivity contribution in [1.29, 1.82) is 0 Å². The smallest absolute Gasteiger partial charge is 0.309 e. The summed E-state index contributed by atoms with van der Waals surface area (Å²) in [5, 5.41) is 11.7. The first kappa shape index (κ1) is 13.4. The Balaban J connectivity index is 3.23. The molecule has 0 fully saturated rings. The van der Waals surface area contributed by atoms with Crippen molar-refractivity contribution in [3.05, 3.63) is 0 Å². The lowest BCUT2D eigenvalue weighted by Gasteiger charge is -2.09. The Morgan fingerprint density at radius 2 is 2.14 bits per heavy atom. The zero-order valence-corrected chi connectivity index (χ0v) is 9.08. The predicted molar refractivity (Wildman–Crippen MR) is 55.0 cm³/mol. The summed E-state index contributed by atoms with van der Waals surface area (Å²) in [7, 11) is 1.40. The summed E-state index contributed by atoms with van der Waals surface area (Å²) in [6.07, 6.45) is 2.92. The Labute approximate surface area is 85.6 Å². The molecule has 0 bridgehead atoms. The Bertz CT molecular complexity index is 150. The molecular weight excluding hydrogens is 182 g/mol. The van der Waals surface area contributed by atoms with Gasteiger partial charge in [0, 0.05) is 13.2 Å². The molecule has 0 aromatic heterocycles. The topological polar surface area (TPSA) is 58.6 Å². The molecule has 1 unspecified atom stereocenters. The molecule has 0 aliphatic rings. The van der Waals surface area contributed by atoms with Gasteiger partial charge in [0.2, 0.25) is 0 Å². The molecule has 0 aliphatic heterocycles. The first-order valence-electron chi connectivity index (χ1n) is 5.11. The first-order valence-corrected chi connectivity index (χ1v) is 5.11. The summed E-state index contributed by atoms with van der Waals surface area (Å²) < 4.78 is 4.60. The maximum Gasteiger partial charge on any atom is 0.309 e. The molecule has 0 amide bonds. The van der Waals surface area contributed by atoms with E-state index in [0.29, 0.717) is 6.54 Å². The maximum atomic E-state index is 11.0. The number of nitrogens with one attached hydrogen (secondary N) is 1. The average Bonchev–Trinajstić information content (AvgIpc) is 2.21. The van der Waals surface area contributed by atoms with Gasteiger partial charge in [-0.2, -0.15) is 0 Å². The highest BCUT2D eigenvalue weighted by Gasteiger charge is 2.11. The summed E-state index contributed by atoms with van der Waals surface area (Å²) in [5.74, 6) is -0.259. The van der Waals surface area contributed by atoms with Gasteiger partial charge in [0.05, 0.1) is 13.0 Å². The van der Waals surface area contributed by atoms with E-state index in [-0.39, 0.29) is 18.5 Å². The van der Waals surface area contributed by atoms with Crippen LogP contribution in [0.25, 0.3) is 0 Å². The number of unbranched alkanes of at least 4 members (excludes halogenated alkanes) is 2. The Hall–Kier alpha value is -0.610. The fourth-order valence-corrected chi connectivity index (χ4v) is 1.14. The normalized spacial score (nSPS) is 12.5. The van der Waals surface area contributed by atoms with E-state index in [9.17, 15) is 4.79 Å². The number of hydrogen-bond acceptors (Lipinski definition) is 4. The summed E-state index contributed by atoms with van der Waals surface area (Å²) >= 11 is 0. The van der Waals surface area contributed by atoms with Gasteiger partial charge in [-0.05, 0) is 25.8 Å². The fraction of sp³-hybridized carbons (Fsp3) is 0.900. The minimum Gasteiger partial charge on any atom is -0.469 e. The van der Waals surface area contributed by atoms with Crippen molar-refractivity contribution in [3.8, 4) is 0 Å². The lowest BCUT2D eigenvalue weighted by Crippen LogP contribution is -2.28. The van der Waals surface area contributed by atoms with Crippen molar-refractivity contribution in [1.82, 2.24) is 5.32 Å². The van der Waals surface area contributed by atoms with Gasteiger partial charge >= 0.3 is 5.97 Å². The summed E-state index contributed by atoms with van der Waals surface area (Å²) in [5.41, 5.74) is 0. The van der Waals surface area contributed by atoms with Crippen molar-refractivity contribution >= 4 is 5.97 Å². The number of hydrogen-bond donors (Lipinski definition) is 2. The molecule has 0 spiro atoms. The van der Waals surface area contributed by atoms with Crippen molar-refractivity contribution in [3.63, 3.8) is 0 Å². The van der Waals surface area contributed by atoms with E-state index in [4.69, 9.17) is 5.11 Å². The van der Waals surface area contributed by atoms with Crippen molar-refractivity contribution in [2.75, 3.05) is 26.8 Å². The first-order chi connectivity index (χ1) is 6.72. The van der Waals surface area contributed by atoms with Crippen LogP contribution >= 0.6 is 0 Å². The second-order valence-electron chi connectivity index (χ2n) is 3.41. The maximum absolute atomic E-state index is 11.0. The quantitative estimate of drug-likeness (QED) is 0.447. The van der Waals surface area contributed by atoms with E-state index in [1.807, 2.05) is 6.92 Å². The van der Waals surface area contributed by atoms with Crippen LogP contribution in [0.1, 0.15) is 26.2 Å². The minimum absolute atomic E-state index is 0.0853. The lowest BCUT2D eigenvalue weighted by atomic mass is 10.2. The van der Waals surface area contributed by atoms with Crippen LogP contribution in [0.15, 0.2) is 0 Å². The SMILES string of the molecule is COC(=O)C(C)CNCCCCCO. The van der Waals surface area contributed by atoms with E-state index in [1.54, 1.807) is 0 Å². The third kappa shape index (κ3) is 6.86. The molecule has 0 radical (unpaired) electrons. The van der Waals surface area contributed by atoms with E-state index in [0.717, 1.165) is 25.8 Å². The third-order valence-electron chi connectivity index (χ3n) is 2.07. The number of ether oxygens (including phenoxy) is 1. The second-order valence-corrected chi connectivity index (χ2v) is 3.41. The number of esters is 1. The van der Waals surface area contributed by atoms with Crippen molar-refractivity contribution in [2.24, 2.45) is 5.92 Å². The van der Waals surface area contributed by atoms with Crippen LogP contribution in [0, 0.1) is 5.92 Å². The van der Waals surface area contributed by atoms with Gasteiger partial charge < -0.3 is 15.2 Å². The van der Waals surface area contributed by atoms with Gasteiger partial charge in [0.1, 0.15) is 0 Å². The molecule has 2 N–H and O–H groups in total. The van der Waals surface area contributed by atoms with Gasteiger partial charge in [-0.25, -0.2) is 0 Å². The van der Waals surface area contributed by atoms with E-state index < -0.39 is 0 Å². The lowest BCUT2D eigenvalue weighted by molar-refractivity contribution is -0.144. The fourth-order valence-electron chi connectivity index (χ4n) is 1.14. The molecule has 0 aromatic rings. The second kappa shape index (κ2) is 8.97. The average molecular weight is 203 g/mol. The standard InChI is InChI=1S/C10H21NO3/c1-9(10(13)14-2)8-11-6-4-3-5-7-12/h9,11-12H,3-8H2,1-2H3. The van der Waals surface area contributed by atoms with Crippen LogP contribution in [0.2, 0.25) is 0 Å². The molecule has 84 valence electrons. The van der Waals surface area contributed by atoms with Gasteiger partial charge in [0.15, 0.2) is 0 Å². The zero-order valence-electron chi connectivity index (χ0n) is 9.08. The Kier molecular flexibility index (Phi) is 8.57. The van der Waals surface area contributed by atoms with Crippen molar-refractivity contribution in [2.45, 2.75) is 26.2 Å². The number of aliphatic hydroxyl groups is 1. The van der Waals surface area contributed by atoms with Crippen LogP contribution in [0.5, 0.6) is 0 Å². The number of rotatable bonds is 8. The van der Waals surface area contributed by atoms with Crippen LogP contribution in [0.4, 0.5) is 0 Å². The Morgan fingerprint density at radius 3 is 2.71 bits per heavy atom. The number of carbonyl (C=O) groups is 1. The monoisotopic (exact) mass is 203 g/mol. The molecule has 1 atom stereocenters. The molecule has 0 saturated heterocycles. The molecular formula is C10H21NO3. The molecule has 0 aliphatic carbocycles. The van der Waals surface area contributed by atoms with Crippen LogP contribution in [0.3, 0.4) is 0 Å². The van der Waals surface area contributed by atoms with E-state index >= 15 is 0 Å². The molecule has 4 nitrogen and oxygen atoms in total. The molecule has 0 saturated carbocycles. The highest BCUT2D eigenvalue weighted by atomic mass is 16.5. The van der Waals surface area contributed by atoms with E-state index in [1.165, 1.54) is 7.11 Å². The number of carbonyl (C=O) groups excluding carboxylic acids is 1. The molecule has 0 heterocycles. The van der Waals surface area contributed by atoms with Crippen LogP contribution in [-0.4, -0.2) is 37.9 Å². The summed E-state index contributed by atoms with van der Waals surface area (Å²) in [6.45, 7) is 3.65. The van der Waals surface area contributed by atoms with Crippen LogP contribution in [-0.2, 0) is 9.53 Å². The van der Waals surface area contributed by atoms with Crippen molar-refractivity contribution < 1.29 is 14.6 Å². The zero-order chi connectivity index (χ0) is 10.8. The summed E-state index contributed by atoms with van der Waals surface area (Å²) in [4.78, 5) is 11.0. The van der Waals surface area contributed by atoms with E-state index in [2.05, 4.69) is 10.1 Å². The van der Waals surface area contributed by atoms with Crippen LogP contribution < -0.4 is 5.32 Å². The predicted octanol–water partition coefficient (Wildman–Crippen LogP) is 0.548. The number of methoxy groups -OCH3 is 1. The molecule has 4 heteroatoms. The van der Waals surface area contributed by atoms with Gasteiger partial charge in [-0.15, -0.1) is 0 Å². The molecule has 14 heavy (non-hydrogen) atoms. The minimum atomic E-state index is -0.173. The summed E-state index contributed by atoms with van der Waals surface area (Å²) in [6, 6.07) is 0. The van der Waals surface area contributed by atoms with Gasteiger partial charge in [-0.1, -0.05) is 6.92 Å². The molecule has 0 rings (SSSR count). The number of aliphatic hydroxyl groups excluding tert-OH is 1.